The van der Waals surface area contributed by atoms with E-state index in [1.165, 1.54) is 0 Å². The number of carboxylic acid groups (broad SMARTS) is 1. The van der Waals surface area contributed by atoms with E-state index in [-0.39, 0.29) is 25.0 Å². The van der Waals surface area contributed by atoms with Crippen molar-refractivity contribution in [3.8, 4) is 0 Å². The zero-order valence-electron chi connectivity index (χ0n) is 8.02. The van der Waals surface area contributed by atoms with E-state index < -0.39 is 18.0 Å². The molecule has 1 unspecified atom stereocenters. The van der Waals surface area contributed by atoms with Crippen molar-refractivity contribution in [3.63, 3.8) is 0 Å². The molecule has 0 fully saturated rings. The van der Waals surface area contributed by atoms with Crippen LogP contribution in [0.5, 0.6) is 0 Å². The summed E-state index contributed by atoms with van der Waals surface area (Å²) in [5.41, 5.74) is -0.106. The first-order valence-electron chi connectivity index (χ1n) is 4.22. The monoisotopic (exact) mass is 202 g/mol. The lowest BCUT2D eigenvalue weighted by molar-refractivity contribution is -0.146. The molecule has 0 saturated carbocycles. The first-order valence-corrected chi connectivity index (χ1v) is 4.22. The van der Waals surface area contributed by atoms with Gasteiger partial charge in [-0.05, 0) is 0 Å². The molecule has 1 atom stereocenters. The number of carbonyl (C=O) groups is 2. The number of hydrogen-bond donors (Lipinski definition) is 2. The first kappa shape index (κ1) is 12.6. The summed E-state index contributed by atoms with van der Waals surface area (Å²) in [6.07, 6.45) is -0.882. The molecule has 0 aliphatic rings. The molecule has 0 bridgehead atoms. The van der Waals surface area contributed by atoms with Gasteiger partial charge in [-0.3, -0.25) is 4.79 Å². The first-order chi connectivity index (χ1) is 6.47. The van der Waals surface area contributed by atoms with Crippen molar-refractivity contribution in [1.29, 1.82) is 0 Å². The van der Waals surface area contributed by atoms with Gasteiger partial charge in [0.15, 0.2) is 0 Å². The second kappa shape index (κ2) is 6.15. The van der Waals surface area contributed by atoms with Crippen LogP contribution in [0.3, 0.4) is 0 Å². The summed E-state index contributed by atoms with van der Waals surface area (Å²) in [5.74, 6) is -1.59. The van der Waals surface area contributed by atoms with Crippen molar-refractivity contribution in [2.24, 2.45) is 0 Å². The van der Waals surface area contributed by atoms with Gasteiger partial charge in [0.05, 0.1) is 6.10 Å². The van der Waals surface area contributed by atoms with E-state index in [0.29, 0.717) is 0 Å². The molecule has 0 spiro atoms. The molecule has 0 radical (unpaired) electrons. The third-order valence-corrected chi connectivity index (χ3v) is 1.51. The maximum absolute atomic E-state index is 10.7. The van der Waals surface area contributed by atoms with E-state index in [1.54, 1.807) is 6.92 Å². The van der Waals surface area contributed by atoms with Crippen molar-refractivity contribution in [2.75, 3.05) is 6.61 Å². The Kier molecular flexibility index (Phi) is 5.55. The fourth-order valence-corrected chi connectivity index (χ4v) is 0.722. The van der Waals surface area contributed by atoms with Crippen molar-refractivity contribution in [2.45, 2.75) is 25.9 Å². The minimum atomic E-state index is -1.16. The Balaban J connectivity index is 3.76. The van der Waals surface area contributed by atoms with Gasteiger partial charge >= 0.3 is 11.9 Å². The average molecular weight is 202 g/mol. The Labute approximate surface area is 82.0 Å². The molecule has 14 heavy (non-hydrogen) atoms. The number of aliphatic hydroxyl groups excluding tert-OH is 1. The molecule has 2 N–H and O–H groups in total. The van der Waals surface area contributed by atoms with Crippen LogP contribution in [0, 0.1) is 0 Å². The molecule has 0 rings (SSSR count). The van der Waals surface area contributed by atoms with E-state index in [9.17, 15) is 14.7 Å². The van der Waals surface area contributed by atoms with Gasteiger partial charge in [-0.25, -0.2) is 4.79 Å². The Morgan fingerprint density at radius 1 is 1.50 bits per heavy atom. The second-order valence-corrected chi connectivity index (χ2v) is 2.80. The highest BCUT2D eigenvalue weighted by atomic mass is 16.5. The molecular weight excluding hydrogens is 188 g/mol. The zero-order valence-corrected chi connectivity index (χ0v) is 8.02. The number of aliphatic carboxylic acids is 1. The maximum Gasteiger partial charge on any atom is 0.331 e. The van der Waals surface area contributed by atoms with E-state index in [1.807, 2.05) is 0 Å². The summed E-state index contributed by atoms with van der Waals surface area (Å²) in [4.78, 5) is 21.0. The van der Waals surface area contributed by atoms with Gasteiger partial charge in [-0.2, -0.15) is 0 Å². The molecule has 0 aromatic heterocycles. The van der Waals surface area contributed by atoms with Crippen molar-refractivity contribution < 1.29 is 24.5 Å². The zero-order chi connectivity index (χ0) is 11.1. The highest BCUT2D eigenvalue weighted by Crippen LogP contribution is 2.04. The number of hydrogen-bond acceptors (Lipinski definition) is 4. The Morgan fingerprint density at radius 2 is 2.07 bits per heavy atom. The highest BCUT2D eigenvalue weighted by Gasteiger charge is 2.12. The predicted molar refractivity (Wildman–Crippen MR) is 48.6 cm³/mol. The van der Waals surface area contributed by atoms with Crippen LogP contribution in [0.15, 0.2) is 12.2 Å². The minimum absolute atomic E-state index is 0.105. The summed E-state index contributed by atoms with van der Waals surface area (Å²) in [7, 11) is 0. The van der Waals surface area contributed by atoms with Crippen LogP contribution in [-0.4, -0.2) is 34.9 Å². The van der Waals surface area contributed by atoms with Crippen LogP contribution >= 0.6 is 0 Å². The molecular formula is C9H14O5. The van der Waals surface area contributed by atoms with Crippen LogP contribution in [0.4, 0.5) is 0 Å². The molecule has 0 aromatic carbocycles. The van der Waals surface area contributed by atoms with Crippen LogP contribution in [0.1, 0.15) is 19.8 Å². The average Bonchev–Trinajstić information content (AvgIpc) is 2.13. The van der Waals surface area contributed by atoms with Gasteiger partial charge in [-0.1, -0.05) is 13.5 Å². The topological polar surface area (TPSA) is 83.8 Å². The molecule has 5 heteroatoms. The summed E-state index contributed by atoms with van der Waals surface area (Å²) in [5, 5.41) is 17.6. The molecule has 0 aliphatic heterocycles. The molecule has 0 saturated heterocycles. The number of esters is 1. The van der Waals surface area contributed by atoms with Gasteiger partial charge in [0.25, 0.3) is 0 Å². The molecule has 0 aromatic rings. The fourth-order valence-electron chi connectivity index (χ4n) is 0.722. The van der Waals surface area contributed by atoms with Gasteiger partial charge in [0, 0.05) is 18.4 Å². The predicted octanol–water partition coefficient (Wildman–Crippen LogP) is 0.331. The van der Waals surface area contributed by atoms with Crippen molar-refractivity contribution in [1.82, 2.24) is 0 Å². The van der Waals surface area contributed by atoms with Crippen LogP contribution in [0.25, 0.3) is 0 Å². The largest absolute Gasteiger partial charge is 0.478 e. The fraction of sp³-hybridized carbons (Fsp3) is 0.556. The summed E-state index contributed by atoms with van der Waals surface area (Å²) < 4.78 is 4.61. The minimum Gasteiger partial charge on any atom is -0.478 e. The number of carbonyl (C=O) groups excluding carboxylic acids is 1. The number of aliphatic hydroxyl groups is 1. The summed E-state index contributed by atoms with van der Waals surface area (Å²) in [6, 6.07) is 0. The SMILES string of the molecule is C=C(CC(O)COC(=O)CC)C(=O)O. The van der Waals surface area contributed by atoms with Gasteiger partial charge in [0.2, 0.25) is 0 Å². The van der Waals surface area contributed by atoms with Gasteiger partial charge in [-0.15, -0.1) is 0 Å². The number of rotatable bonds is 6. The normalized spacial score (nSPS) is 11.9. The van der Waals surface area contributed by atoms with Crippen LogP contribution < -0.4 is 0 Å². The summed E-state index contributed by atoms with van der Waals surface area (Å²) in [6.45, 7) is 4.68. The molecule has 0 heterocycles. The van der Waals surface area contributed by atoms with Gasteiger partial charge in [0.1, 0.15) is 6.61 Å². The van der Waals surface area contributed by atoms with Crippen molar-refractivity contribution >= 4 is 11.9 Å². The maximum atomic E-state index is 10.7. The van der Waals surface area contributed by atoms with Gasteiger partial charge < -0.3 is 14.9 Å². The number of carboxylic acids is 1. The third-order valence-electron chi connectivity index (χ3n) is 1.51. The lowest BCUT2D eigenvalue weighted by Crippen LogP contribution is -2.20. The Morgan fingerprint density at radius 3 is 2.50 bits per heavy atom. The van der Waals surface area contributed by atoms with E-state index in [4.69, 9.17) is 5.11 Å². The Hall–Kier alpha value is -1.36. The quantitative estimate of drug-likeness (QED) is 0.479. The lowest BCUT2D eigenvalue weighted by atomic mass is 10.1. The molecule has 0 amide bonds. The van der Waals surface area contributed by atoms with E-state index in [2.05, 4.69) is 11.3 Å². The third kappa shape index (κ3) is 5.31. The summed E-state index contributed by atoms with van der Waals surface area (Å²) >= 11 is 0. The standard InChI is InChI=1S/C9H14O5/c1-3-8(11)14-5-7(10)4-6(2)9(12)13/h7,10H,2-5H2,1H3,(H,12,13). The van der Waals surface area contributed by atoms with E-state index >= 15 is 0 Å². The molecule has 80 valence electrons. The van der Waals surface area contributed by atoms with Crippen molar-refractivity contribution in [3.05, 3.63) is 12.2 Å². The highest BCUT2D eigenvalue weighted by molar-refractivity contribution is 5.85. The lowest BCUT2D eigenvalue weighted by Gasteiger charge is -2.10. The van der Waals surface area contributed by atoms with E-state index in [0.717, 1.165) is 0 Å². The Bertz CT molecular complexity index is 233. The van der Waals surface area contributed by atoms with Crippen LogP contribution in [0.2, 0.25) is 0 Å². The second-order valence-electron chi connectivity index (χ2n) is 2.80. The molecule has 0 aliphatic carbocycles. The number of ether oxygens (including phenoxy) is 1. The van der Waals surface area contributed by atoms with Crippen LogP contribution in [-0.2, 0) is 14.3 Å². The smallest absolute Gasteiger partial charge is 0.331 e. The molecule has 5 nitrogen and oxygen atoms in total.